The minimum Gasteiger partial charge on any atom is -0.326 e. The minimum absolute atomic E-state index is 0.00810. The van der Waals surface area contributed by atoms with E-state index in [1.54, 1.807) is 6.08 Å². The van der Waals surface area contributed by atoms with E-state index in [9.17, 15) is 4.79 Å². The Labute approximate surface area is 107 Å². The molecule has 2 aromatic rings. The SMILES string of the molecule is NCc1cccc(C=CC(=O)c2ccccc2)c1. The van der Waals surface area contributed by atoms with Crippen LogP contribution in [0.1, 0.15) is 21.5 Å². The van der Waals surface area contributed by atoms with Crippen molar-refractivity contribution in [2.75, 3.05) is 0 Å². The Hall–Kier alpha value is -2.19. The van der Waals surface area contributed by atoms with E-state index in [4.69, 9.17) is 5.73 Å². The standard InChI is InChI=1S/C16H15NO/c17-12-14-6-4-5-13(11-14)9-10-16(18)15-7-2-1-3-8-15/h1-11H,12,17H2. The van der Waals surface area contributed by atoms with Crippen molar-refractivity contribution >= 4 is 11.9 Å². The van der Waals surface area contributed by atoms with Crippen molar-refractivity contribution < 1.29 is 4.79 Å². The van der Waals surface area contributed by atoms with Gasteiger partial charge in [-0.2, -0.15) is 0 Å². The van der Waals surface area contributed by atoms with Crippen LogP contribution in [0.25, 0.3) is 6.08 Å². The summed E-state index contributed by atoms with van der Waals surface area (Å²) in [7, 11) is 0. The van der Waals surface area contributed by atoms with E-state index in [1.807, 2.05) is 60.7 Å². The van der Waals surface area contributed by atoms with Gasteiger partial charge in [-0.05, 0) is 17.2 Å². The molecule has 0 atom stereocenters. The van der Waals surface area contributed by atoms with E-state index in [-0.39, 0.29) is 5.78 Å². The van der Waals surface area contributed by atoms with Crippen molar-refractivity contribution in [3.8, 4) is 0 Å². The lowest BCUT2D eigenvalue weighted by Crippen LogP contribution is -1.96. The van der Waals surface area contributed by atoms with Crippen molar-refractivity contribution in [1.29, 1.82) is 0 Å². The molecule has 2 N–H and O–H groups in total. The van der Waals surface area contributed by atoms with E-state index >= 15 is 0 Å². The summed E-state index contributed by atoms with van der Waals surface area (Å²) in [5.41, 5.74) is 8.32. The summed E-state index contributed by atoms with van der Waals surface area (Å²) in [4.78, 5) is 11.9. The third-order valence-corrected chi connectivity index (χ3v) is 2.67. The smallest absolute Gasteiger partial charge is 0.185 e. The predicted molar refractivity (Wildman–Crippen MR) is 74.1 cm³/mol. The van der Waals surface area contributed by atoms with Gasteiger partial charge in [-0.1, -0.05) is 60.7 Å². The molecule has 2 heteroatoms. The average molecular weight is 237 g/mol. The van der Waals surface area contributed by atoms with E-state index in [0.29, 0.717) is 12.1 Å². The molecular formula is C16H15NO. The summed E-state index contributed by atoms with van der Waals surface area (Å²) in [6.45, 7) is 0.508. The Kier molecular flexibility index (Phi) is 4.05. The Balaban J connectivity index is 2.13. The van der Waals surface area contributed by atoms with Crippen LogP contribution in [0.2, 0.25) is 0 Å². The average Bonchev–Trinajstić information content (AvgIpc) is 2.46. The highest BCUT2D eigenvalue weighted by molar-refractivity contribution is 6.06. The van der Waals surface area contributed by atoms with Gasteiger partial charge in [0, 0.05) is 12.1 Å². The number of allylic oxidation sites excluding steroid dienone is 1. The molecule has 0 aliphatic rings. The molecule has 0 spiro atoms. The first kappa shape index (κ1) is 12.3. The maximum absolute atomic E-state index is 11.9. The second kappa shape index (κ2) is 5.94. The van der Waals surface area contributed by atoms with Gasteiger partial charge in [-0.3, -0.25) is 4.79 Å². The molecule has 18 heavy (non-hydrogen) atoms. The van der Waals surface area contributed by atoms with Crippen LogP contribution in [0.15, 0.2) is 60.7 Å². The number of carbonyl (C=O) groups is 1. The van der Waals surface area contributed by atoms with Crippen molar-refractivity contribution in [3.05, 3.63) is 77.4 Å². The molecule has 0 aliphatic heterocycles. The van der Waals surface area contributed by atoms with Crippen LogP contribution in [-0.4, -0.2) is 5.78 Å². The van der Waals surface area contributed by atoms with Gasteiger partial charge in [0.1, 0.15) is 0 Å². The highest BCUT2D eigenvalue weighted by atomic mass is 16.1. The molecule has 2 rings (SSSR count). The van der Waals surface area contributed by atoms with Crippen LogP contribution in [-0.2, 0) is 6.54 Å². The van der Waals surface area contributed by atoms with Gasteiger partial charge in [-0.15, -0.1) is 0 Å². The van der Waals surface area contributed by atoms with Crippen LogP contribution < -0.4 is 5.73 Å². The number of nitrogens with two attached hydrogens (primary N) is 1. The Morgan fingerprint density at radius 1 is 1.06 bits per heavy atom. The first-order chi connectivity index (χ1) is 8.79. The van der Waals surface area contributed by atoms with Crippen LogP contribution in [0.3, 0.4) is 0 Å². The fourth-order valence-corrected chi connectivity index (χ4v) is 1.69. The summed E-state index contributed by atoms with van der Waals surface area (Å²) in [5.74, 6) is 0.00810. The van der Waals surface area contributed by atoms with Crippen LogP contribution >= 0.6 is 0 Å². The van der Waals surface area contributed by atoms with Gasteiger partial charge in [0.15, 0.2) is 5.78 Å². The van der Waals surface area contributed by atoms with E-state index < -0.39 is 0 Å². The monoisotopic (exact) mass is 237 g/mol. The summed E-state index contributed by atoms with van der Waals surface area (Å²) >= 11 is 0. The van der Waals surface area contributed by atoms with Gasteiger partial charge < -0.3 is 5.73 Å². The maximum Gasteiger partial charge on any atom is 0.185 e. The van der Waals surface area contributed by atoms with Crippen LogP contribution in [0.4, 0.5) is 0 Å². The molecule has 0 saturated carbocycles. The molecule has 0 heterocycles. The third kappa shape index (κ3) is 3.15. The first-order valence-corrected chi connectivity index (χ1v) is 5.86. The lowest BCUT2D eigenvalue weighted by molar-refractivity contribution is 0.104. The normalized spacial score (nSPS) is 10.7. The number of benzene rings is 2. The minimum atomic E-state index is 0.00810. The molecule has 0 aromatic heterocycles. The summed E-state index contributed by atoms with van der Waals surface area (Å²) in [5, 5.41) is 0. The zero-order chi connectivity index (χ0) is 12.8. The number of hydrogen-bond donors (Lipinski definition) is 1. The van der Waals surface area contributed by atoms with Gasteiger partial charge in [0.25, 0.3) is 0 Å². The summed E-state index contributed by atoms with van der Waals surface area (Å²) in [6, 6.07) is 17.1. The quantitative estimate of drug-likeness (QED) is 0.656. The van der Waals surface area contributed by atoms with E-state index in [1.165, 1.54) is 0 Å². The van der Waals surface area contributed by atoms with Crippen molar-refractivity contribution in [2.24, 2.45) is 5.73 Å². The van der Waals surface area contributed by atoms with Gasteiger partial charge in [0.05, 0.1) is 0 Å². The number of carbonyl (C=O) groups excluding carboxylic acids is 1. The molecule has 0 fully saturated rings. The fourth-order valence-electron chi connectivity index (χ4n) is 1.69. The third-order valence-electron chi connectivity index (χ3n) is 2.67. The molecule has 0 saturated heterocycles. The van der Waals surface area contributed by atoms with Crippen molar-refractivity contribution in [2.45, 2.75) is 6.54 Å². The fraction of sp³-hybridized carbons (Fsp3) is 0.0625. The summed E-state index contributed by atoms with van der Waals surface area (Å²) < 4.78 is 0. The Morgan fingerprint density at radius 2 is 1.83 bits per heavy atom. The number of hydrogen-bond acceptors (Lipinski definition) is 2. The lowest BCUT2D eigenvalue weighted by atomic mass is 10.1. The highest BCUT2D eigenvalue weighted by Gasteiger charge is 1.99. The van der Waals surface area contributed by atoms with E-state index in [2.05, 4.69) is 0 Å². The topological polar surface area (TPSA) is 43.1 Å². The molecule has 0 unspecified atom stereocenters. The van der Waals surface area contributed by atoms with Crippen molar-refractivity contribution in [3.63, 3.8) is 0 Å². The zero-order valence-electron chi connectivity index (χ0n) is 10.0. The molecular weight excluding hydrogens is 222 g/mol. The van der Waals surface area contributed by atoms with Crippen LogP contribution in [0, 0.1) is 0 Å². The van der Waals surface area contributed by atoms with Crippen LogP contribution in [0.5, 0.6) is 0 Å². The van der Waals surface area contributed by atoms with E-state index in [0.717, 1.165) is 11.1 Å². The molecule has 2 nitrogen and oxygen atoms in total. The second-order valence-corrected chi connectivity index (χ2v) is 4.01. The lowest BCUT2D eigenvalue weighted by Gasteiger charge is -1.98. The molecule has 90 valence electrons. The molecule has 2 aromatic carbocycles. The largest absolute Gasteiger partial charge is 0.326 e. The Bertz CT molecular complexity index is 558. The molecule has 0 aliphatic carbocycles. The second-order valence-electron chi connectivity index (χ2n) is 4.01. The maximum atomic E-state index is 11.9. The first-order valence-electron chi connectivity index (χ1n) is 5.86. The highest BCUT2D eigenvalue weighted by Crippen LogP contribution is 2.08. The van der Waals surface area contributed by atoms with Gasteiger partial charge in [0.2, 0.25) is 0 Å². The van der Waals surface area contributed by atoms with Gasteiger partial charge in [-0.25, -0.2) is 0 Å². The predicted octanol–water partition coefficient (Wildman–Crippen LogP) is 3.04. The van der Waals surface area contributed by atoms with Gasteiger partial charge >= 0.3 is 0 Å². The van der Waals surface area contributed by atoms with Crippen molar-refractivity contribution in [1.82, 2.24) is 0 Å². The number of ketones is 1. The molecule has 0 amide bonds. The number of rotatable bonds is 4. The zero-order valence-corrected chi connectivity index (χ0v) is 10.0. The molecule has 0 radical (unpaired) electrons. The Morgan fingerprint density at radius 3 is 2.56 bits per heavy atom. The summed E-state index contributed by atoms with van der Waals surface area (Å²) in [6.07, 6.45) is 3.40. The molecule has 0 bridgehead atoms.